The summed E-state index contributed by atoms with van der Waals surface area (Å²) in [6.45, 7) is 3.75. The monoisotopic (exact) mass is 357 g/mol. The number of fused-ring (bicyclic) bond motifs is 1. The van der Waals surface area contributed by atoms with Gasteiger partial charge < -0.3 is 24.1 Å². The summed E-state index contributed by atoms with van der Waals surface area (Å²) in [5.74, 6) is 1.43. The van der Waals surface area contributed by atoms with E-state index in [2.05, 4.69) is 9.97 Å². The highest BCUT2D eigenvalue weighted by Crippen LogP contribution is 2.35. The first-order valence-corrected chi connectivity index (χ1v) is 8.49. The average Bonchev–Trinajstić information content (AvgIpc) is 2.66. The van der Waals surface area contributed by atoms with Gasteiger partial charge in [-0.3, -0.25) is 9.59 Å². The van der Waals surface area contributed by atoms with Crippen molar-refractivity contribution < 1.29 is 19.0 Å². The number of benzene rings is 1. The first kappa shape index (κ1) is 16.6. The van der Waals surface area contributed by atoms with E-state index in [1.807, 2.05) is 0 Å². The Morgan fingerprint density at radius 1 is 1.27 bits per heavy atom. The van der Waals surface area contributed by atoms with E-state index in [4.69, 9.17) is 14.2 Å². The molecule has 0 spiro atoms. The summed E-state index contributed by atoms with van der Waals surface area (Å²) in [6, 6.07) is 6.71. The Morgan fingerprint density at radius 3 is 2.96 bits per heavy atom. The Bertz CT molecular complexity index is 895. The van der Waals surface area contributed by atoms with Crippen LogP contribution in [0.2, 0.25) is 0 Å². The standard InChI is InChI=1S/C18H19N3O5/c1-11-19-13(9-16(22)20-11)15-10-21(5-6-24-15)18(23)12-3-2-4-14-17(12)26-8-7-25-14/h2-4,9,15H,5-8,10H2,1H3,(H,19,20,22)/t15-/m0/s1. The van der Waals surface area contributed by atoms with Crippen LogP contribution >= 0.6 is 0 Å². The van der Waals surface area contributed by atoms with Crippen molar-refractivity contribution in [3.05, 3.63) is 51.7 Å². The van der Waals surface area contributed by atoms with E-state index in [0.29, 0.717) is 61.5 Å². The lowest BCUT2D eigenvalue weighted by molar-refractivity contribution is -0.0250. The highest BCUT2D eigenvalue weighted by atomic mass is 16.6. The van der Waals surface area contributed by atoms with Gasteiger partial charge in [0, 0.05) is 12.6 Å². The number of ether oxygens (including phenoxy) is 3. The third-order valence-electron chi connectivity index (χ3n) is 4.36. The molecule has 3 heterocycles. The Morgan fingerprint density at radius 2 is 2.12 bits per heavy atom. The van der Waals surface area contributed by atoms with Crippen molar-refractivity contribution >= 4 is 5.91 Å². The zero-order valence-electron chi connectivity index (χ0n) is 14.4. The Balaban J connectivity index is 1.58. The van der Waals surface area contributed by atoms with Crippen molar-refractivity contribution in [2.24, 2.45) is 0 Å². The van der Waals surface area contributed by atoms with Gasteiger partial charge in [-0.15, -0.1) is 0 Å². The molecule has 1 amide bonds. The Hall–Kier alpha value is -2.87. The average molecular weight is 357 g/mol. The lowest BCUT2D eigenvalue weighted by Crippen LogP contribution is -2.43. The number of hydrogen-bond acceptors (Lipinski definition) is 6. The predicted octanol–water partition coefficient (Wildman–Crippen LogP) is 1.06. The fourth-order valence-corrected chi connectivity index (χ4v) is 3.19. The molecule has 2 aromatic rings. The molecule has 26 heavy (non-hydrogen) atoms. The minimum atomic E-state index is -0.439. The number of aromatic amines is 1. The molecule has 0 saturated carbocycles. The summed E-state index contributed by atoms with van der Waals surface area (Å²) in [7, 11) is 0. The zero-order valence-corrected chi connectivity index (χ0v) is 14.4. The third kappa shape index (κ3) is 3.15. The van der Waals surface area contributed by atoms with Gasteiger partial charge in [-0.25, -0.2) is 4.98 Å². The molecule has 0 bridgehead atoms. The number of morpholine rings is 1. The fourth-order valence-electron chi connectivity index (χ4n) is 3.19. The van der Waals surface area contributed by atoms with E-state index >= 15 is 0 Å². The molecule has 1 atom stereocenters. The van der Waals surface area contributed by atoms with Crippen LogP contribution in [0.15, 0.2) is 29.1 Å². The molecule has 0 radical (unpaired) electrons. The first-order valence-electron chi connectivity index (χ1n) is 8.49. The van der Waals surface area contributed by atoms with Crippen molar-refractivity contribution in [2.45, 2.75) is 13.0 Å². The largest absolute Gasteiger partial charge is 0.486 e. The molecule has 136 valence electrons. The second-order valence-electron chi connectivity index (χ2n) is 6.20. The van der Waals surface area contributed by atoms with Crippen LogP contribution in [-0.2, 0) is 4.74 Å². The number of amides is 1. The SMILES string of the molecule is Cc1nc([C@@H]2CN(C(=O)c3cccc4c3OCCO4)CCO2)cc(=O)[nH]1. The van der Waals surface area contributed by atoms with Crippen LogP contribution in [-0.4, -0.2) is 53.7 Å². The van der Waals surface area contributed by atoms with Crippen LogP contribution < -0.4 is 15.0 Å². The van der Waals surface area contributed by atoms with Gasteiger partial charge in [0.2, 0.25) is 0 Å². The van der Waals surface area contributed by atoms with Crippen molar-refractivity contribution in [2.75, 3.05) is 32.9 Å². The maximum absolute atomic E-state index is 13.0. The number of H-pyrrole nitrogens is 1. The highest BCUT2D eigenvalue weighted by Gasteiger charge is 2.30. The molecule has 1 fully saturated rings. The van der Waals surface area contributed by atoms with Gasteiger partial charge >= 0.3 is 0 Å². The maximum Gasteiger partial charge on any atom is 0.257 e. The fraction of sp³-hybridized carbons (Fsp3) is 0.389. The molecular formula is C18H19N3O5. The van der Waals surface area contributed by atoms with E-state index < -0.39 is 6.10 Å². The minimum Gasteiger partial charge on any atom is -0.486 e. The first-order chi connectivity index (χ1) is 12.6. The highest BCUT2D eigenvalue weighted by molar-refractivity contribution is 5.98. The number of nitrogens with one attached hydrogen (secondary N) is 1. The molecule has 2 aliphatic heterocycles. The van der Waals surface area contributed by atoms with Crippen LogP contribution in [0.3, 0.4) is 0 Å². The quantitative estimate of drug-likeness (QED) is 0.864. The minimum absolute atomic E-state index is 0.151. The van der Waals surface area contributed by atoms with Crippen molar-refractivity contribution in [1.29, 1.82) is 0 Å². The van der Waals surface area contributed by atoms with Crippen molar-refractivity contribution in [3.63, 3.8) is 0 Å². The number of rotatable bonds is 2. The van der Waals surface area contributed by atoms with Crippen LogP contribution in [0.25, 0.3) is 0 Å². The number of hydrogen-bond donors (Lipinski definition) is 1. The number of aryl methyl sites for hydroxylation is 1. The lowest BCUT2D eigenvalue weighted by atomic mass is 10.1. The molecule has 0 aliphatic carbocycles. The van der Waals surface area contributed by atoms with E-state index in [1.54, 1.807) is 30.0 Å². The smallest absolute Gasteiger partial charge is 0.257 e. The number of para-hydroxylation sites is 1. The molecular weight excluding hydrogens is 338 g/mol. The second-order valence-corrected chi connectivity index (χ2v) is 6.20. The zero-order chi connectivity index (χ0) is 18.1. The Labute approximate surface area is 149 Å². The van der Waals surface area contributed by atoms with Crippen LogP contribution in [0.1, 0.15) is 28.0 Å². The maximum atomic E-state index is 13.0. The van der Waals surface area contributed by atoms with Crippen LogP contribution in [0.5, 0.6) is 11.5 Å². The molecule has 1 aromatic carbocycles. The summed E-state index contributed by atoms with van der Waals surface area (Å²) in [6.07, 6.45) is -0.439. The van der Waals surface area contributed by atoms with Gasteiger partial charge in [-0.05, 0) is 19.1 Å². The normalized spacial score (nSPS) is 19.3. The predicted molar refractivity (Wildman–Crippen MR) is 91.6 cm³/mol. The van der Waals surface area contributed by atoms with Crippen LogP contribution in [0.4, 0.5) is 0 Å². The molecule has 0 unspecified atom stereocenters. The van der Waals surface area contributed by atoms with Gasteiger partial charge in [0.15, 0.2) is 11.5 Å². The summed E-state index contributed by atoms with van der Waals surface area (Å²) < 4.78 is 16.9. The molecule has 1 N–H and O–H groups in total. The van der Waals surface area contributed by atoms with Crippen molar-refractivity contribution in [3.8, 4) is 11.5 Å². The summed E-state index contributed by atoms with van der Waals surface area (Å²) in [5.41, 5.74) is 0.763. The van der Waals surface area contributed by atoms with Crippen LogP contribution in [0, 0.1) is 6.92 Å². The van der Waals surface area contributed by atoms with Gasteiger partial charge in [0.05, 0.1) is 24.4 Å². The summed E-state index contributed by atoms with van der Waals surface area (Å²) in [5, 5.41) is 0. The molecule has 4 rings (SSSR count). The molecule has 8 nitrogen and oxygen atoms in total. The summed E-state index contributed by atoms with van der Waals surface area (Å²) in [4.78, 5) is 33.4. The molecule has 1 saturated heterocycles. The van der Waals surface area contributed by atoms with E-state index in [1.165, 1.54) is 6.07 Å². The van der Waals surface area contributed by atoms with Gasteiger partial charge in [0.1, 0.15) is 25.1 Å². The molecule has 1 aromatic heterocycles. The number of carbonyl (C=O) groups excluding carboxylic acids is 1. The van der Waals surface area contributed by atoms with E-state index in [0.717, 1.165) is 0 Å². The molecule has 8 heteroatoms. The third-order valence-corrected chi connectivity index (χ3v) is 4.36. The van der Waals surface area contributed by atoms with Gasteiger partial charge in [0.25, 0.3) is 11.5 Å². The van der Waals surface area contributed by atoms with Crippen molar-refractivity contribution in [1.82, 2.24) is 14.9 Å². The molecule has 2 aliphatic rings. The van der Waals surface area contributed by atoms with E-state index in [9.17, 15) is 9.59 Å². The lowest BCUT2D eigenvalue weighted by Gasteiger charge is -2.33. The number of carbonyl (C=O) groups is 1. The van der Waals surface area contributed by atoms with Gasteiger partial charge in [-0.2, -0.15) is 0 Å². The Kier molecular flexibility index (Phi) is 4.34. The number of aromatic nitrogens is 2. The van der Waals surface area contributed by atoms with E-state index in [-0.39, 0.29) is 11.5 Å². The second kappa shape index (κ2) is 6.80. The topological polar surface area (TPSA) is 93.8 Å². The number of nitrogens with zero attached hydrogens (tertiary/aromatic N) is 2. The van der Waals surface area contributed by atoms with Gasteiger partial charge in [-0.1, -0.05) is 6.07 Å². The summed E-state index contributed by atoms with van der Waals surface area (Å²) >= 11 is 0.